The van der Waals surface area contributed by atoms with E-state index in [0.29, 0.717) is 0 Å². The molecule has 0 bridgehead atoms. The fraction of sp³-hybridized carbons (Fsp3) is 0.812. The van der Waals surface area contributed by atoms with Crippen LogP contribution in [0, 0.1) is 0 Å². The predicted molar refractivity (Wildman–Crippen MR) is 154 cm³/mol. The van der Waals surface area contributed by atoms with Crippen LogP contribution in [0.2, 0.25) is 0 Å². The second-order valence-corrected chi connectivity index (χ2v) is 10.5. The van der Waals surface area contributed by atoms with Gasteiger partial charge in [-0.05, 0) is 50.1 Å². The molecule has 0 aliphatic rings. The van der Waals surface area contributed by atoms with Gasteiger partial charge in [0.15, 0.2) is 0 Å². The monoisotopic (exact) mass is 472 g/mol. The smallest absolute Gasteiger partial charge is 0.0236 e. The highest BCUT2D eigenvalue weighted by molar-refractivity contribution is 5.27. The lowest BCUT2D eigenvalue weighted by Gasteiger charge is -2.25. The van der Waals surface area contributed by atoms with Crippen molar-refractivity contribution in [2.75, 3.05) is 26.2 Å². The van der Waals surface area contributed by atoms with Gasteiger partial charge in [-0.25, -0.2) is 0 Å². The Hall–Kier alpha value is -0.860. The van der Waals surface area contributed by atoms with E-state index in [1.165, 1.54) is 116 Å². The lowest BCUT2D eigenvalue weighted by molar-refractivity contribution is 0.258. The van der Waals surface area contributed by atoms with Gasteiger partial charge >= 0.3 is 0 Å². The summed E-state index contributed by atoms with van der Waals surface area (Å²) in [6.07, 6.45) is 22.5. The maximum atomic E-state index is 2.66. The van der Waals surface area contributed by atoms with Crippen LogP contribution >= 0.6 is 0 Å². The molecule has 0 spiro atoms. The molecule has 0 aliphatic heterocycles. The van der Waals surface area contributed by atoms with E-state index in [2.05, 4.69) is 61.8 Å². The Morgan fingerprint density at radius 3 is 1.09 bits per heavy atom. The molecule has 0 saturated carbocycles. The average Bonchev–Trinajstić information content (AvgIpc) is 2.86. The van der Waals surface area contributed by atoms with E-state index in [9.17, 15) is 0 Å². The van der Waals surface area contributed by atoms with Gasteiger partial charge in [0.25, 0.3) is 0 Å². The molecule has 0 unspecified atom stereocenters. The second kappa shape index (κ2) is 22.6. The highest BCUT2D eigenvalue weighted by atomic mass is 15.1. The zero-order valence-electron chi connectivity index (χ0n) is 23.8. The number of benzene rings is 1. The third-order valence-electron chi connectivity index (χ3n) is 7.46. The minimum absolute atomic E-state index is 1.11. The zero-order chi connectivity index (χ0) is 24.7. The van der Waals surface area contributed by atoms with Crippen molar-refractivity contribution in [3.8, 4) is 0 Å². The van der Waals surface area contributed by atoms with Crippen molar-refractivity contribution in [3.63, 3.8) is 0 Å². The Bertz CT molecular complexity index is 507. The first-order valence-electron chi connectivity index (χ1n) is 15.3. The topological polar surface area (TPSA) is 6.48 Å². The van der Waals surface area contributed by atoms with E-state index in [-0.39, 0.29) is 0 Å². The predicted octanol–water partition coefficient (Wildman–Crippen LogP) is 9.61. The van der Waals surface area contributed by atoms with Gasteiger partial charge in [0, 0.05) is 13.1 Å². The summed E-state index contributed by atoms with van der Waals surface area (Å²) in [5.41, 5.74) is 3.08. The van der Waals surface area contributed by atoms with Crippen molar-refractivity contribution in [2.45, 2.75) is 144 Å². The van der Waals surface area contributed by atoms with Gasteiger partial charge in [-0.3, -0.25) is 9.80 Å². The lowest BCUT2D eigenvalue weighted by Crippen LogP contribution is -2.27. The molecule has 1 aromatic rings. The third-order valence-corrected chi connectivity index (χ3v) is 7.46. The van der Waals surface area contributed by atoms with Gasteiger partial charge < -0.3 is 0 Å². The van der Waals surface area contributed by atoms with Crippen molar-refractivity contribution in [1.82, 2.24) is 9.80 Å². The van der Waals surface area contributed by atoms with Gasteiger partial charge in [0.05, 0.1) is 0 Å². The molecule has 1 rings (SSSR count). The van der Waals surface area contributed by atoms with Gasteiger partial charge in [-0.15, -0.1) is 0 Å². The number of unbranched alkanes of at least 4 members (excludes halogenated alkanes) is 14. The van der Waals surface area contributed by atoms with Crippen molar-refractivity contribution in [1.29, 1.82) is 0 Å². The van der Waals surface area contributed by atoms with E-state index in [4.69, 9.17) is 0 Å². The van der Waals surface area contributed by atoms with E-state index < -0.39 is 0 Å². The molecule has 34 heavy (non-hydrogen) atoms. The Labute approximate surface area is 214 Å². The molecule has 198 valence electrons. The highest BCUT2D eigenvalue weighted by Gasteiger charge is 2.11. The number of rotatable bonds is 24. The molecule has 0 heterocycles. The van der Waals surface area contributed by atoms with Gasteiger partial charge in [-0.2, -0.15) is 0 Å². The number of nitrogens with zero attached hydrogens (tertiary/aromatic N) is 2. The maximum Gasteiger partial charge on any atom is 0.0236 e. The van der Waals surface area contributed by atoms with Crippen LogP contribution in [0.5, 0.6) is 0 Å². The first kappa shape index (κ1) is 31.2. The molecule has 0 atom stereocenters. The fourth-order valence-corrected chi connectivity index (χ4v) is 4.98. The molecule has 0 radical (unpaired) electrons. The van der Waals surface area contributed by atoms with Crippen molar-refractivity contribution in [2.24, 2.45) is 0 Å². The van der Waals surface area contributed by atoms with Crippen molar-refractivity contribution < 1.29 is 0 Å². The fourth-order valence-electron chi connectivity index (χ4n) is 4.98. The first-order chi connectivity index (χ1) is 16.7. The van der Waals surface area contributed by atoms with E-state index in [1.807, 2.05) is 0 Å². The van der Waals surface area contributed by atoms with Crippen LogP contribution in [0.4, 0.5) is 0 Å². The standard InChI is InChI=1S/C32H60N2/c1-5-9-11-13-15-17-19-23-27-33(7-3)29-31-25-21-22-26-32(31)30-34(8-4)28-24-20-18-16-14-12-10-6-2/h21-22,25-26H,5-20,23-24,27-30H2,1-4H3. The third kappa shape index (κ3) is 15.9. The zero-order valence-corrected chi connectivity index (χ0v) is 23.8. The van der Waals surface area contributed by atoms with E-state index >= 15 is 0 Å². The maximum absolute atomic E-state index is 2.66. The quantitative estimate of drug-likeness (QED) is 0.138. The number of hydrogen-bond acceptors (Lipinski definition) is 2. The molecule has 2 heteroatoms. The Morgan fingerprint density at radius 2 is 0.765 bits per heavy atom. The Morgan fingerprint density at radius 1 is 0.441 bits per heavy atom. The summed E-state index contributed by atoms with van der Waals surface area (Å²) in [6, 6.07) is 9.21. The lowest BCUT2D eigenvalue weighted by atomic mass is 10.0. The molecular formula is C32H60N2. The van der Waals surface area contributed by atoms with Crippen LogP contribution in [-0.2, 0) is 13.1 Å². The molecule has 1 aromatic carbocycles. The van der Waals surface area contributed by atoms with Crippen LogP contribution in [0.1, 0.15) is 142 Å². The molecular weight excluding hydrogens is 412 g/mol. The first-order valence-corrected chi connectivity index (χ1v) is 15.3. The van der Waals surface area contributed by atoms with Gasteiger partial charge in [-0.1, -0.05) is 142 Å². The Kier molecular flexibility index (Phi) is 20.7. The summed E-state index contributed by atoms with van der Waals surface area (Å²) in [5.74, 6) is 0. The molecule has 0 saturated heterocycles. The summed E-state index contributed by atoms with van der Waals surface area (Å²) >= 11 is 0. The van der Waals surface area contributed by atoms with Crippen LogP contribution in [0.15, 0.2) is 24.3 Å². The minimum Gasteiger partial charge on any atom is -0.299 e. The minimum atomic E-state index is 1.11. The SMILES string of the molecule is CCCCCCCCCCN(CC)Cc1ccccc1CN(CC)CCCCCCCCCC. The van der Waals surface area contributed by atoms with Crippen LogP contribution in [0.25, 0.3) is 0 Å². The average molecular weight is 473 g/mol. The highest BCUT2D eigenvalue weighted by Crippen LogP contribution is 2.17. The summed E-state index contributed by atoms with van der Waals surface area (Å²) in [5, 5.41) is 0. The molecule has 0 fully saturated rings. The van der Waals surface area contributed by atoms with Gasteiger partial charge in [0.2, 0.25) is 0 Å². The van der Waals surface area contributed by atoms with Crippen LogP contribution in [0.3, 0.4) is 0 Å². The summed E-state index contributed by atoms with van der Waals surface area (Å²) in [4.78, 5) is 5.31. The largest absolute Gasteiger partial charge is 0.299 e. The second-order valence-electron chi connectivity index (χ2n) is 10.5. The number of hydrogen-bond donors (Lipinski definition) is 0. The molecule has 0 aliphatic carbocycles. The van der Waals surface area contributed by atoms with Crippen LogP contribution in [-0.4, -0.2) is 36.0 Å². The molecule has 2 nitrogen and oxygen atoms in total. The normalized spacial score (nSPS) is 11.7. The summed E-state index contributed by atoms with van der Waals surface area (Å²) in [7, 11) is 0. The van der Waals surface area contributed by atoms with Crippen molar-refractivity contribution >= 4 is 0 Å². The Balaban J connectivity index is 2.36. The van der Waals surface area contributed by atoms with Gasteiger partial charge in [0.1, 0.15) is 0 Å². The van der Waals surface area contributed by atoms with E-state index in [0.717, 1.165) is 26.2 Å². The summed E-state index contributed by atoms with van der Waals surface area (Å²) < 4.78 is 0. The van der Waals surface area contributed by atoms with Crippen LogP contribution < -0.4 is 0 Å². The van der Waals surface area contributed by atoms with Crippen molar-refractivity contribution in [3.05, 3.63) is 35.4 Å². The van der Waals surface area contributed by atoms with E-state index in [1.54, 1.807) is 11.1 Å². The molecule has 0 N–H and O–H groups in total. The molecule has 0 amide bonds. The molecule has 0 aromatic heterocycles. The summed E-state index contributed by atoms with van der Waals surface area (Å²) in [6.45, 7) is 16.3.